The molecule has 1 atom stereocenters. The minimum absolute atomic E-state index is 0.00485. The maximum Gasteiger partial charge on any atom is 0.323 e. The monoisotopic (exact) mass is 633 g/mol. The highest BCUT2D eigenvalue weighted by Gasteiger charge is 2.24. The summed E-state index contributed by atoms with van der Waals surface area (Å²) in [5.74, 6) is 0.341. The zero-order valence-corrected chi connectivity index (χ0v) is 25.4. The first-order valence-corrected chi connectivity index (χ1v) is 15.3. The first-order valence-electron chi connectivity index (χ1n) is 15.3. The summed E-state index contributed by atoms with van der Waals surface area (Å²) < 4.78 is 21.0. The van der Waals surface area contributed by atoms with Crippen molar-refractivity contribution in [1.29, 1.82) is 0 Å². The zero-order chi connectivity index (χ0) is 32.3. The molecule has 2 saturated heterocycles. The first kappa shape index (κ1) is 30.1. The van der Waals surface area contributed by atoms with Gasteiger partial charge in [0.1, 0.15) is 18.0 Å². The van der Waals surface area contributed by atoms with Gasteiger partial charge in [0.25, 0.3) is 5.91 Å². The molecular formula is C34H32FN9O3. The predicted octanol–water partition coefficient (Wildman–Crippen LogP) is 4.55. The number of morpholine rings is 1. The third kappa shape index (κ3) is 6.57. The molecule has 2 aromatic heterocycles. The van der Waals surface area contributed by atoms with E-state index in [0.29, 0.717) is 67.5 Å². The highest BCUT2D eigenvalue weighted by atomic mass is 19.1. The number of urea groups is 1. The van der Waals surface area contributed by atoms with Crippen LogP contribution in [0.3, 0.4) is 0 Å². The van der Waals surface area contributed by atoms with Crippen LogP contribution in [0, 0.1) is 5.82 Å². The van der Waals surface area contributed by atoms with Crippen molar-refractivity contribution in [2.24, 2.45) is 5.73 Å². The average molecular weight is 634 g/mol. The number of benzene rings is 3. The molecular weight excluding hydrogens is 601 g/mol. The van der Waals surface area contributed by atoms with E-state index in [1.54, 1.807) is 47.6 Å². The molecule has 238 valence electrons. The Kier molecular flexibility index (Phi) is 8.38. The number of aromatic nitrogens is 4. The number of likely N-dealkylation sites (tertiary alicyclic amines) is 1. The normalized spacial score (nSPS) is 16.3. The van der Waals surface area contributed by atoms with Crippen LogP contribution in [0.15, 0.2) is 79.4 Å². The van der Waals surface area contributed by atoms with Crippen molar-refractivity contribution in [2.75, 3.05) is 54.9 Å². The van der Waals surface area contributed by atoms with Crippen LogP contribution in [-0.2, 0) is 4.74 Å². The average Bonchev–Trinajstić information content (AvgIpc) is 3.55. The van der Waals surface area contributed by atoms with Crippen LogP contribution in [0.5, 0.6) is 0 Å². The fraction of sp³-hybridized carbons (Fsp3) is 0.235. The predicted molar refractivity (Wildman–Crippen MR) is 177 cm³/mol. The minimum Gasteiger partial charge on any atom is -0.378 e. The van der Waals surface area contributed by atoms with Crippen LogP contribution in [0.2, 0.25) is 0 Å². The van der Waals surface area contributed by atoms with E-state index >= 15 is 4.39 Å². The number of anilines is 3. The summed E-state index contributed by atoms with van der Waals surface area (Å²) in [5, 5.41) is 6.10. The molecule has 0 spiro atoms. The Bertz CT molecular complexity index is 1940. The molecule has 0 bridgehead atoms. The SMILES string of the molecule is N[C@H]1CCN(C(=O)c2ccc(NC(=O)Nc3ccc(-c4nc(N5CCOCC5)c5ccc(-c6cncnc6)cc5n4)cc3F)cc2)C1. The van der Waals surface area contributed by atoms with E-state index in [2.05, 4.69) is 25.5 Å². The number of fused-ring (bicyclic) bond motifs is 1. The lowest BCUT2D eigenvalue weighted by Crippen LogP contribution is -2.37. The maximum absolute atomic E-state index is 15.4. The lowest BCUT2D eigenvalue weighted by molar-refractivity contribution is 0.0791. The van der Waals surface area contributed by atoms with Crippen LogP contribution in [0.1, 0.15) is 16.8 Å². The topological polar surface area (TPSA) is 151 Å². The molecule has 2 fully saturated rings. The van der Waals surface area contributed by atoms with E-state index in [1.165, 1.54) is 18.5 Å². The van der Waals surface area contributed by atoms with Gasteiger partial charge >= 0.3 is 6.03 Å². The number of rotatable bonds is 6. The Morgan fingerprint density at radius 2 is 1.64 bits per heavy atom. The summed E-state index contributed by atoms with van der Waals surface area (Å²) >= 11 is 0. The number of carbonyl (C=O) groups is 2. The molecule has 4 heterocycles. The Labute approximate surface area is 269 Å². The number of hydrogen-bond donors (Lipinski definition) is 3. The second kappa shape index (κ2) is 13.1. The number of ether oxygens (including phenoxy) is 1. The van der Waals surface area contributed by atoms with E-state index in [9.17, 15) is 9.59 Å². The van der Waals surface area contributed by atoms with Gasteiger partial charge in [0, 0.05) is 72.4 Å². The molecule has 0 radical (unpaired) electrons. The quantitative estimate of drug-likeness (QED) is 0.245. The summed E-state index contributed by atoms with van der Waals surface area (Å²) in [6.07, 6.45) is 5.72. The van der Waals surface area contributed by atoms with Crippen molar-refractivity contribution in [3.8, 4) is 22.5 Å². The van der Waals surface area contributed by atoms with Crippen molar-refractivity contribution >= 4 is 40.0 Å². The first-order chi connectivity index (χ1) is 22.9. The van der Waals surface area contributed by atoms with Crippen molar-refractivity contribution in [3.63, 3.8) is 0 Å². The van der Waals surface area contributed by atoms with Gasteiger partial charge in [-0.2, -0.15) is 0 Å². The van der Waals surface area contributed by atoms with Gasteiger partial charge in [0.05, 0.1) is 24.4 Å². The van der Waals surface area contributed by atoms with Crippen LogP contribution in [0.4, 0.5) is 26.4 Å². The summed E-state index contributed by atoms with van der Waals surface area (Å²) in [6, 6.07) is 16.3. The van der Waals surface area contributed by atoms with Crippen LogP contribution in [-0.4, -0.2) is 82.2 Å². The second-order valence-electron chi connectivity index (χ2n) is 11.5. The van der Waals surface area contributed by atoms with Gasteiger partial charge in [-0.05, 0) is 66.6 Å². The standard InChI is InChI=1S/C34H32FN9O3/c35-28-15-23(4-8-29(28)41-34(46)39-26-5-1-21(2-6-26)33(45)44-10-9-25(36)19-44)31-40-30-16-22(24-17-37-20-38-18-24)3-7-27(30)32(42-31)43-11-13-47-14-12-43/h1-8,15-18,20,25H,9-14,19,36H2,(H2,39,41,46)/t25-/m0/s1. The lowest BCUT2D eigenvalue weighted by atomic mass is 10.1. The number of nitrogens with two attached hydrogens (primary N) is 1. The Morgan fingerprint density at radius 3 is 2.36 bits per heavy atom. The number of carbonyl (C=O) groups excluding carboxylic acids is 2. The maximum atomic E-state index is 15.4. The third-order valence-electron chi connectivity index (χ3n) is 8.26. The third-order valence-corrected chi connectivity index (χ3v) is 8.26. The Balaban J connectivity index is 1.10. The van der Waals surface area contributed by atoms with Crippen molar-refractivity contribution in [1.82, 2.24) is 24.8 Å². The van der Waals surface area contributed by atoms with Gasteiger partial charge in [-0.3, -0.25) is 4.79 Å². The molecule has 2 aliphatic heterocycles. The molecule has 12 nitrogen and oxygen atoms in total. The lowest BCUT2D eigenvalue weighted by Gasteiger charge is -2.29. The largest absolute Gasteiger partial charge is 0.378 e. The number of nitrogens with one attached hydrogen (secondary N) is 2. The zero-order valence-electron chi connectivity index (χ0n) is 25.4. The summed E-state index contributed by atoms with van der Waals surface area (Å²) in [4.78, 5) is 47.2. The van der Waals surface area contributed by atoms with Crippen molar-refractivity contribution in [2.45, 2.75) is 12.5 Å². The smallest absolute Gasteiger partial charge is 0.323 e. The minimum atomic E-state index is -0.644. The van der Waals surface area contributed by atoms with E-state index < -0.39 is 11.8 Å². The molecule has 0 aliphatic carbocycles. The summed E-state index contributed by atoms with van der Waals surface area (Å²) in [6.45, 7) is 3.63. The van der Waals surface area contributed by atoms with E-state index in [-0.39, 0.29) is 17.6 Å². The highest BCUT2D eigenvalue weighted by molar-refractivity contribution is 6.01. The van der Waals surface area contributed by atoms with Crippen LogP contribution < -0.4 is 21.3 Å². The molecule has 5 aromatic rings. The number of halogens is 1. The second-order valence-corrected chi connectivity index (χ2v) is 11.5. The fourth-order valence-electron chi connectivity index (χ4n) is 5.78. The van der Waals surface area contributed by atoms with Gasteiger partial charge < -0.3 is 30.9 Å². The number of hydrogen-bond acceptors (Lipinski definition) is 9. The van der Waals surface area contributed by atoms with Crippen molar-refractivity contribution < 1.29 is 18.7 Å². The summed E-state index contributed by atoms with van der Waals surface area (Å²) in [7, 11) is 0. The molecule has 0 saturated carbocycles. The molecule has 13 heteroatoms. The molecule has 3 aromatic carbocycles. The Hall–Kier alpha value is -5.53. The number of amides is 3. The van der Waals surface area contributed by atoms with Crippen LogP contribution in [0.25, 0.3) is 33.4 Å². The summed E-state index contributed by atoms with van der Waals surface area (Å²) in [5.41, 5.74) is 9.75. The van der Waals surface area contributed by atoms with E-state index in [1.807, 2.05) is 18.2 Å². The molecule has 4 N–H and O–H groups in total. The number of nitrogens with zero attached hydrogens (tertiary/aromatic N) is 6. The van der Waals surface area contributed by atoms with E-state index in [4.69, 9.17) is 20.4 Å². The highest BCUT2D eigenvalue weighted by Crippen LogP contribution is 2.32. The molecule has 2 aliphatic rings. The van der Waals surface area contributed by atoms with Gasteiger partial charge in [-0.25, -0.2) is 29.1 Å². The Morgan fingerprint density at radius 1 is 0.872 bits per heavy atom. The van der Waals surface area contributed by atoms with Gasteiger partial charge in [-0.1, -0.05) is 6.07 Å². The van der Waals surface area contributed by atoms with Gasteiger partial charge in [0.15, 0.2) is 5.82 Å². The molecule has 0 unspecified atom stereocenters. The molecule has 3 amide bonds. The van der Waals surface area contributed by atoms with Crippen LogP contribution >= 0.6 is 0 Å². The van der Waals surface area contributed by atoms with Gasteiger partial charge in [-0.15, -0.1) is 0 Å². The van der Waals surface area contributed by atoms with Crippen molar-refractivity contribution in [3.05, 3.63) is 90.8 Å². The fourth-order valence-corrected chi connectivity index (χ4v) is 5.78. The van der Waals surface area contributed by atoms with Gasteiger partial charge in [0.2, 0.25) is 0 Å². The van der Waals surface area contributed by atoms with E-state index in [0.717, 1.165) is 28.8 Å². The molecule has 47 heavy (non-hydrogen) atoms. The molecule has 7 rings (SSSR count).